The number of rotatable bonds is 4. The molecule has 0 spiro atoms. The fraction of sp³-hybridized carbons (Fsp3) is 0.360. The second-order valence-electron chi connectivity index (χ2n) is 9.01. The zero-order valence-corrected chi connectivity index (χ0v) is 20.8. The molecule has 4 heterocycles. The highest BCUT2D eigenvalue weighted by atomic mass is 32.1. The molecule has 0 bridgehead atoms. The number of hydrogen-bond acceptors (Lipinski definition) is 8. The average Bonchev–Trinajstić information content (AvgIpc) is 3.03. The Morgan fingerprint density at radius 2 is 1.89 bits per heavy atom. The number of halogens is 2. The Kier molecular flexibility index (Phi) is 6.00. The fourth-order valence-corrected chi connectivity index (χ4v) is 5.32. The second kappa shape index (κ2) is 8.99. The molecular weight excluding hydrogens is 470 g/mol. The minimum Gasteiger partial charge on any atom is -0.491 e. The number of alkyl halides is 2. The van der Waals surface area contributed by atoms with E-state index in [1.165, 1.54) is 11.3 Å². The van der Waals surface area contributed by atoms with Gasteiger partial charge in [0.05, 0.1) is 6.54 Å². The number of fused-ring (bicyclic) bond motifs is 2. The lowest BCUT2D eigenvalue weighted by atomic mass is 9.99. The normalized spacial score (nSPS) is 13.9. The number of thiazole rings is 1. The van der Waals surface area contributed by atoms with Crippen LogP contribution in [-0.4, -0.2) is 33.1 Å². The summed E-state index contributed by atoms with van der Waals surface area (Å²) in [5.74, 6) is 0.994. The number of hydrogen-bond donors (Lipinski definition) is 1. The Morgan fingerprint density at radius 3 is 2.63 bits per heavy atom. The van der Waals surface area contributed by atoms with Crippen LogP contribution in [0.4, 0.5) is 19.7 Å². The highest BCUT2D eigenvalue weighted by Crippen LogP contribution is 2.37. The molecule has 0 saturated heterocycles. The van der Waals surface area contributed by atoms with Crippen LogP contribution >= 0.6 is 11.3 Å². The summed E-state index contributed by atoms with van der Waals surface area (Å²) in [7, 11) is 0. The van der Waals surface area contributed by atoms with Gasteiger partial charge < -0.3 is 15.4 Å². The van der Waals surface area contributed by atoms with Gasteiger partial charge in [0.15, 0.2) is 11.0 Å². The Bertz CT molecular complexity index is 1420. The smallest absolute Gasteiger partial charge is 0.297 e. The fourth-order valence-electron chi connectivity index (χ4n) is 4.66. The van der Waals surface area contributed by atoms with Gasteiger partial charge in [0.2, 0.25) is 0 Å². The molecule has 10 heteroatoms. The molecule has 0 fully saturated rings. The van der Waals surface area contributed by atoms with E-state index < -0.39 is 12.2 Å². The summed E-state index contributed by atoms with van der Waals surface area (Å²) < 4.78 is 33.3. The van der Waals surface area contributed by atoms with Gasteiger partial charge in [0, 0.05) is 35.1 Å². The van der Waals surface area contributed by atoms with Gasteiger partial charge in [-0.15, -0.1) is 0 Å². The number of nitrogen functional groups attached to an aromatic ring is 1. The minimum absolute atomic E-state index is 0.0804. The second-order valence-corrected chi connectivity index (χ2v) is 10.0. The van der Waals surface area contributed by atoms with Gasteiger partial charge in [0.1, 0.15) is 28.5 Å². The number of benzene rings is 1. The molecule has 35 heavy (non-hydrogen) atoms. The quantitative estimate of drug-likeness (QED) is 0.381. The topological polar surface area (TPSA) is 90.0 Å². The van der Waals surface area contributed by atoms with Gasteiger partial charge >= 0.3 is 0 Å². The van der Waals surface area contributed by atoms with Crippen LogP contribution in [0.15, 0.2) is 24.4 Å². The first kappa shape index (κ1) is 23.3. The van der Waals surface area contributed by atoms with Gasteiger partial charge in [-0.1, -0.05) is 25.2 Å². The third-order valence-electron chi connectivity index (χ3n) is 6.12. The van der Waals surface area contributed by atoms with Crippen LogP contribution in [-0.2, 0) is 6.54 Å². The molecule has 0 unspecified atom stereocenters. The number of pyridine rings is 1. The molecule has 0 saturated carbocycles. The van der Waals surface area contributed by atoms with Crippen LogP contribution in [0.2, 0.25) is 0 Å². The van der Waals surface area contributed by atoms with Crippen LogP contribution in [0.3, 0.4) is 0 Å². The summed E-state index contributed by atoms with van der Waals surface area (Å²) in [6, 6.07) is 6.11. The van der Waals surface area contributed by atoms with E-state index in [9.17, 15) is 8.78 Å². The van der Waals surface area contributed by atoms with Crippen molar-refractivity contribution in [1.82, 2.24) is 19.9 Å². The zero-order chi connectivity index (χ0) is 24.9. The number of nitrogens with zero attached hydrogens (tertiary/aromatic N) is 5. The van der Waals surface area contributed by atoms with Crippen LogP contribution in [0.1, 0.15) is 54.4 Å². The van der Waals surface area contributed by atoms with Crippen molar-refractivity contribution in [1.29, 1.82) is 0 Å². The molecule has 1 aliphatic rings. The van der Waals surface area contributed by atoms with Gasteiger partial charge in [-0.05, 0) is 49.1 Å². The van der Waals surface area contributed by atoms with Crippen LogP contribution < -0.4 is 15.4 Å². The molecular formula is C25H26F2N6OS. The standard InChI is InChI=1S/C25H26F2N6OS/c1-12(2)19-14(4)30-22(21(26)27)32-23(19)33-5-6-34-20-13(3)7-15(8-17(20)11-33)16-9-18-24(29-10-16)35-25(28)31-18/h7-10,12,21H,5-6,11H2,1-4H3,(H2,28,31). The molecule has 3 aromatic heterocycles. The Morgan fingerprint density at radius 1 is 1.09 bits per heavy atom. The van der Waals surface area contributed by atoms with Gasteiger partial charge in [-0.25, -0.2) is 28.7 Å². The number of ether oxygens (including phenoxy) is 1. The van der Waals surface area contributed by atoms with Crippen LogP contribution in [0, 0.1) is 13.8 Å². The molecule has 0 radical (unpaired) electrons. The maximum atomic E-state index is 13.6. The number of aromatic nitrogens is 4. The number of anilines is 2. The highest BCUT2D eigenvalue weighted by Gasteiger charge is 2.26. The first-order chi connectivity index (χ1) is 16.7. The molecule has 4 aromatic rings. The molecule has 0 aliphatic carbocycles. The van der Waals surface area contributed by atoms with E-state index in [0.717, 1.165) is 43.9 Å². The Balaban J connectivity index is 1.58. The molecule has 2 N–H and O–H groups in total. The molecule has 0 atom stereocenters. The largest absolute Gasteiger partial charge is 0.491 e. The zero-order valence-electron chi connectivity index (χ0n) is 20.0. The molecule has 7 nitrogen and oxygen atoms in total. The third-order valence-corrected chi connectivity index (χ3v) is 6.93. The van der Waals surface area contributed by atoms with E-state index in [2.05, 4.69) is 32.1 Å². The third kappa shape index (κ3) is 4.38. The first-order valence-electron chi connectivity index (χ1n) is 11.4. The van der Waals surface area contributed by atoms with Crippen molar-refractivity contribution < 1.29 is 13.5 Å². The predicted octanol–water partition coefficient (Wildman–Crippen LogP) is 5.81. The molecule has 1 aliphatic heterocycles. The van der Waals surface area contributed by atoms with Crippen molar-refractivity contribution in [2.75, 3.05) is 23.8 Å². The summed E-state index contributed by atoms with van der Waals surface area (Å²) in [6.45, 7) is 9.24. The van der Waals surface area contributed by atoms with Gasteiger partial charge in [-0.3, -0.25) is 0 Å². The predicted molar refractivity (Wildman–Crippen MR) is 134 cm³/mol. The van der Waals surface area contributed by atoms with Crippen molar-refractivity contribution in [3.8, 4) is 16.9 Å². The van der Waals surface area contributed by atoms with Crippen LogP contribution in [0.5, 0.6) is 5.75 Å². The summed E-state index contributed by atoms with van der Waals surface area (Å²) in [5.41, 5.74) is 11.9. The monoisotopic (exact) mass is 496 g/mol. The summed E-state index contributed by atoms with van der Waals surface area (Å²) in [6.07, 6.45) is -0.920. The molecule has 182 valence electrons. The Hall–Kier alpha value is -3.40. The lowest BCUT2D eigenvalue weighted by molar-refractivity contribution is 0.140. The van der Waals surface area contributed by atoms with Crippen molar-refractivity contribution in [3.05, 3.63) is 52.6 Å². The van der Waals surface area contributed by atoms with Crippen molar-refractivity contribution in [2.24, 2.45) is 0 Å². The first-order valence-corrected chi connectivity index (χ1v) is 12.2. The van der Waals surface area contributed by atoms with Gasteiger partial charge in [0.25, 0.3) is 6.43 Å². The van der Waals surface area contributed by atoms with E-state index in [0.29, 0.717) is 36.3 Å². The highest BCUT2D eigenvalue weighted by molar-refractivity contribution is 7.21. The van der Waals surface area contributed by atoms with E-state index in [4.69, 9.17) is 10.5 Å². The van der Waals surface area contributed by atoms with E-state index >= 15 is 0 Å². The summed E-state index contributed by atoms with van der Waals surface area (Å²) in [5, 5.41) is 0.482. The number of nitrogens with two attached hydrogens (primary N) is 1. The molecule has 1 aromatic carbocycles. The maximum Gasteiger partial charge on any atom is 0.297 e. The lowest BCUT2D eigenvalue weighted by Crippen LogP contribution is -2.28. The minimum atomic E-state index is -2.74. The Labute approximate surface area is 206 Å². The van der Waals surface area contributed by atoms with Gasteiger partial charge in [-0.2, -0.15) is 0 Å². The average molecular weight is 497 g/mol. The van der Waals surface area contributed by atoms with Crippen molar-refractivity contribution >= 4 is 32.6 Å². The van der Waals surface area contributed by atoms with Crippen LogP contribution in [0.25, 0.3) is 21.5 Å². The molecule has 5 rings (SSSR count). The van der Waals surface area contributed by atoms with E-state index in [1.54, 1.807) is 6.92 Å². The van der Waals surface area contributed by atoms with Crippen molar-refractivity contribution in [2.45, 2.75) is 46.6 Å². The SMILES string of the molecule is Cc1cc(-c2cnc3sc(N)nc3c2)cc2c1OCCN(c1nc(C(F)F)nc(C)c1C(C)C)C2. The van der Waals surface area contributed by atoms with Crippen molar-refractivity contribution in [3.63, 3.8) is 0 Å². The van der Waals surface area contributed by atoms with E-state index in [1.807, 2.05) is 37.9 Å². The lowest BCUT2D eigenvalue weighted by Gasteiger charge is -2.26. The summed E-state index contributed by atoms with van der Waals surface area (Å²) >= 11 is 1.35. The number of aryl methyl sites for hydroxylation is 2. The summed E-state index contributed by atoms with van der Waals surface area (Å²) in [4.78, 5) is 20.1. The molecule has 0 amide bonds. The maximum absolute atomic E-state index is 13.6. The van der Waals surface area contributed by atoms with E-state index in [-0.39, 0.29) is 5.92 Å².